The Morgan fingerprint density at radius 2 is 1.10 bits per heavy atom. The van der Waals surface area contributed by atoms with Crippen LogP contribution >= 0.6 is 0 Å². The molecule has 0 saturated heterocycles. The molecule has 2 aromatic rings. The maximum atomic E-state index is 2.54. The fourth-order valence-electron chi connectivity index (χ4n) is 7.56. The molecule has 0 fully saturated rings. The Labute approximate surface area is 194 Å². The maximum absolute atomic E-state index is 2.80. The summed E-state index contributed by atoms with van der Waals surface area (Å²) in [6.45, 7) is 9.88. The van der Waals surface area contributed by atoms with Gasteiger partial charge in [-0.15, -0.1) is 0 Å². The van der Waals surface area contributed by atoms with Crippen LogP contribution in [-0.4, -0.2) is 0 Å². The first-order valence-electron chi connectivity index (χ1n) is 12.7. The van der Waals surface area contributed by atoms with Crippen LogP contribution in [0.2, 0.25) is 8.26 Å². The molecule has 0 N–H and O–H groups in total. The Bertz CT molecular complexity index is 968. The minimum absolute atomic E-state index is 0.768. The van der Waals surface area contributed by atoms with E-state index in [2.05, 4.69) is 76.2 Å². The third-order valence-electron chi connectivity index (χ3n) is 8.78. The Kier molecular flexibility index (Phi) is 6.02. The van der Waals surface area contributed by atoms with E-state index in [1.807, 2.05) is 0 Å². The van der Waals surface area contributed by atoms with Crippen LogP contribution in [0.4, 0.5) is 0 Å². The third-order valence-corrected chi connectivity index (χ3v) is 24.4. The van der Waals surface area contributed by atoms with Crippen molar-refractivity contribution in [3.05, 3.63) is 81.9 Å². The van der Waals surface area contributed by atoms with Crippen LogP contribution in [0.5, 0.6) is 0 Å². The first kappa shape index (κ1) is 21.6. The Morgan fingerprint density at radius 3 is 1.52 bits per heavy atom. The van der Waals surface area contributed by atoms with E-state index in [1.54, 1.807) is 52.8 Å². The van der Waals surface area contributed by atoms with Gasteiger partial charge in [-0.05, 0) is 0 Å². The number of hydrogen-bond acceptors (Lipinski definition) is 0. The van der Waals surface area contributed by atoms with Crippen molar-refractivity contribution < 1.29 is 20.3 Å². The number of benzene rings is 2. The summed E-state index contributed by atoms with van der Waals surface area (Å²) >= 11 is -2.80. The summed E-state index contributed by atoms with van der Waals surface area (Å²) < 4.78 is 4.62. The monoisotopic (exact) mass is 488 g/mol. The van der Waals surface area contributed by atoms with Crippen molar-refractivity contribution in [1.29, 1.82) is 0 Å². The normalized spacial score (nSPS) is 23.4. The van der Waals surface area contributed by atoms with E-state index in [9.17, 15) is 0 Å². The van der Waals surface area contributed by atoms with Gasteiger partial charge in [-0.1, -0.05) is 0 Å². The predicted molar refractivity (Wildman–Crippen MR) is 132 cm³/mol. The molecule has 1 aliphatic heterocycles. The summed E-state index contributed by atoms with van der Waals surface area (Å²) in [5.74, 6) is 0. The van der Waals surface area contributed by atoms with Gasteiger partial charge in [-0.2, -0.15) is 0 Å². The quantitative estimate of drug-likeness (QED) is 0.379. The van der Waals surface area contributed by atoms with Gasteiger partial charge in [0.25, 0.3) is 0 Å². The Morgan fingerprint density at radius 1 is 0.677 bits per heavy atom. The predicted octanol–water partition coefficient (Wildman–Crippen LogP) is 9.43. The summed E-state index contributed by atoms with van der Waals surface area (Å²) in [6.07, 6.45) is 7.94. The Balaban J connectivity index is 1.81. The average molecular weight is 490 g/mol. The van der Waals surface area contributed by atoms with Crippen LogP contribution in [0.1, 0.15) is 95.7 Å². The number of hydrogen-bond donors (Lipinski definition) is 0. The topological polar surface area (TPSA) is 0 Å². The second-order valence-electron chi connectivity index (χ2n) is 10.3. The van der Waals surface area contributed by atoms with Crippen LogP contribution in [0.15, 0.2) is 59.7 Å². The number of allylic oxidation sites excluding steroid dienone is 4. The molecular weight excluding hydrogens is 452 g/mol. The second kappa shape index (κ2) is 8.63. The second-order valence-corrected chi connectivity index (χ2v) is 21.7. The molecule has 0 radical (unpaired) electrons. The van der Waals surface area contributed by atoms with E-state index in [-0.39, 0.29) is 0 Å². The van der Waals surface area contributed by atoms with Gasteiger partial charge in [-0.3, -0.25) is 0 Å². The van der Waals surface area contributed by atoms with Gasteiger partial charge in [0.1, 0.15) is 0 Å². The zero-order chi connectivity index (χ0) is 21.6. The molecule has 0 spiro atoms. The Hall–Kier alpha value is -1.20. The van der Waals surface area contributed by atoms with E-state index in [1.165, 1.54) is 38.5 Å². The van der Waals surface area contributed by atoms with Crippen LogP contribution in [-0.2, 0) is 20.3 Å². The van der Waals surface area contributed by atoms with Gasteiger partial charge in [0, 0.05) is 0 Å². The molecule has 3 aliphatic rings. The molecule has 2 aliphatic carbocycles. The number of fused-ring (bicyclic) bond motifs is 8. The van der Waals surface area contributed by atoms with Crippen molar-refractivity contribution in [3.63, 3.8) is 0 Å². The molecule has 2 atom stereocenters. The first-order valence-corrected chi connectivity index (χ1v) is 19.0. The molecule has 1 heteroatoms. The van der Waals surface area contributed by atoms with Gasteiger partial charge in [0.05, 0.1) is 0 Å². The van der Waals surface area contributed by atoms with E-state index >= 15 is 0 Å². The SMILES string of the molecule is CCC[CH2][Zr]1([CH2]CCC)[CH]2C(C)=C(CCC3=C(C)[CH]1c1ccccc13)c1ccccc12. The van der Waals surface area contributed by atoms with Crippen LogP contribution < -0.4 is 0 Å². The molecule has 31 heavy (non-hydrogen) atoms. The molecule has 4 bridgehead atoms. The van der Waals surface area contributed by atoms with Crippen molar-refractivity contribution in [1.82, 2.24) is 0 Å². The summed E-state index contributed by atoms with van der Waals surface area (Å²) in [4.78, 5) is 0. The molecule has 0 nitrogen and oxygen atoms in total. The molecule has 5 rings (SSSR count). The van der Waals surface area contributed by atoms with Crippen molar-refractivity contribution in [2.75, 3.05) is 0 Å². The van der Waals surface area contributed by atoms with Crippen LogP contribution in [0, 0.1) is 0 Å². The van der Waals surface area contributed by atoms with Gasteiger partial charge in [-0.25, -0.2) is 0 Å². The summed E-state index contributed by atoms with van der Waals surface area (Å²) in [6, 6.07) is 19.1. The van der Waals surface area contributed by atoms with Crippen molar-refractivity contribution in [2.24, 2.45) is 0 Å². The molecule has 0 saturated carbocycles. The third kappa shape index (κ3) is 3.25. The van der Waals surface area contributed by atoms with Gasteiger partial charge in [0.2, 0.25) is 0 Å². The van der Waals surface area contributed by atoms with Crippen molar-refractivity contribution in [3.8, 4) is 0 Å². The van der Waals surface area contributed by atoms with E-state index in [0.29, 0.717) is 0 Å². The summed E-state index contributed by atoms with van der Waals surface area (Å²) in [5.41, 5.74) is 13.6. The molecule has 162 valence electrons. The van der Waals surface area contributed by atoms with Crippen LogP contribution in [0.25, 0.3) is 11.1 Å². The molecule has 1 heterocycles. The number of unbranched alkanes of at least 4 members (excludes halogenated alkanes) is 2. The van der Waals surface area contributed by atoms with E-state index in [0.717, 1.165) is 7.25 Å². The standard InChI is InChI=1S/C22H20.2C4H9.Zr/c1-15-13-17-7-3-5-9-21(17)19(15)11-12-20-16(2)14-18-8-4-6-10-22(18)20;2*1-3-4-2;/h3-10,13-14H,11-12H2,1-2H3;2*1,3-4H2,2H3;. The van der Waals surface area contributed by atoms with E-state index in [4.69, 9.17) is 0 Å². The molecule has 2 aromatic carbocycles. The van der Waals surface area contributed by atoms with Gasteiger partial charge < -0.3 is 0 Å². The van der Waals surface area contributed by atoms with Gasteiger partial charge >= 0.3 is 195 Å². The van der Waals surface area contributed by atoms with Crippen molar-refractivity contribution >= 4 is 11.1 Å². The molecule has 0 amide bonds. The van der Waals surface area contributed by atoms with Crippen LogP contribution in [0.3, 0.4) is 0 Å². The fourth-order valence-corrected chi connectivity index (χ4v) is 26.2. The number of rotatable bonds is 6. The molecular formula is C30H38Zr. The average Bonchev–Trinajstić information content (AvgIpc) is 3.24. The fraction of sp³-hybridized carbons (Fsp3) is 0.467. The van der Waals surface area contributed by atoms with Gasteiger partial charge in [0.15, 0.2) is 0 Å². The minimum atomic E-state index is -2.80. The zero-order valence-corrected chi connectivity index (χ0v) is 22.4. The first-order chi connectivity index (χ1) is 15.1. The zero-order valence-electron chi connectivity index (χ0n) is 19.9. The molecule has 2 unspecified atom stereocenters. The van der Waals surface area contributed by atoms with E-state index < -0.39 is 20.3 Å². The molecule has 0 aromatic heterocycles. The summed E-state index contributed by atoms with van der Waals surface area (Å²) in [7, 11) is 0. The van der Waals surface area contributed by atoms with Crippen molar-refractivity contribution in [2.45, 2.75) is 81.7 Å². The summed E-state index contributed by atoms with van der Waals surface area (Å²) in [5, 5.41) is 0.